The maximum atomic E-state index is 13.4. The Morgan fingerprint density at radius 2 is 2.00 bits per heavy atom. The molecule has 0 bridgehead atoms. The largest absolute Gasteiger partial charge is 0.327 e. The van der Waals surface area contributed by atoms with Crippen LogP contribution in [0.15, 0.2) is 41.2 Å². The van der Waals surface area contributed by atoms with Crippen molar-refractivity contribution < 1.29 is 4.79 Å². The summed E-state index contributed by atoms with van der Waals surface area (Å²) < 4.78 is 1.41. The average Bonchev–Trinajstić information content (AvgIpc) is 3.49. The first-order valence-electron chi connectivity index (χ1n) is 9.67. The van der Waals surface area contributed by atoms with Crippen LogP contribution in [-0.4, -0.2) is 26.6 Å². The van der Waals surface area contributed by atoms with Gasteiger partial charge in [0.25, 0.3) is 11.5 Å². The van der Waals surface area contributed by atoms with E-state index < -0.39 is 0 Å². The molecule has 1 aromatic heterocycles. The van der Waals surface area contributed by atoms with Gasteiger partial charge >= 0.3 is 0 Å². The van der Waals surface area contributed by atoms with Crippen LogP contribution in [-0.2, 0) is 13.0 Å². The maximum Gasteiger partial charge on any atom is 0.275 e. The van der Waals surface area contributed by atoms with E-state index in [-0.39, 0.29) is 17.5 Å². The summed E-state index contributed by atoms with van der Waals surface area (Å²) >= 11 is 0. The lowest BCUT2D eigenvalue weighted by molar-refractivity contribution is 0.0628. The van der Waals surface area contributed by atoms with Gasteiger partial charge in [-0.15, -0.1) is 0 Å². The summed E-state index contributed by atoms with van der Waals surface area (Å²) in [5, 5.41) is 4.36. The summed E-state index contributed by atoms with van der Waals surface area (Å²) in [4.78, 5) is 27.3. The van der Waals surface area contributed by atoms with Crippen molar-refractivity contribution in [2.75, 3.05) is 0 Å². The van der Waals surface area contributed by atoms with Crippen LogP contribution in [0.5, 0.6) is 0 Å². The number of carbonyl (C=O) groups excluding carboxylic acids is 1. The number of rotatable bonds is 5. The topological polar surface area (TPSA) is 55.2 Å². The Bertz CT molecular complexity index is 870. The molecule has 0 radical (unpaired) electrons. The van der Waals surface area contributed by atoms with E-state index in [1.54, 1.807) is 6.07 Å². The molecule has 0 saturated heterocycles. The quantitative estimate of drug-likeness (QED) is 0.830. The Hall–Kier alpha value is -2.43. The number of carbonyl (C=O) groups is 1. The highest BCUT2D eigenvalue weighted by atomic mass is 16.2. The molecule has 2 aromatic rings. The molecule has 1 fully saturated rings. The lowest BCUT2D eigenvalue weighted by Gasteiger charge is -2.36. The summed E-state index contributed by atoms with van der Waals surface area (Å²) in [6, 6.07) is 11.9. The molecule has 5 heteroatoms. The van der Waals surface area contributed by atoms with Gasteiger partial charge < -0.3 is 4.90 Å². The summed E-state index contributed by atoms with van der Waals surface area (Å²) in [5.41, 5.74) is 2.87. The molecule has 1 unspecified atom stereocenters. The van der Waals surface area contributed by atoms with Crippen molar-refractivity contribution in [3.63, 3.8) is 0 Å². The maximum absolute atomic E-state index is 13.4. The summed E-state index contributed by atoms with van der Waals surface area (Å²) in [6.07, 6.45) is 6.10. The summed E-state index contributed by atoms with van der Waals surface area (Å²) in [6.45, 7) is 2.54. The lowest BCUT2D eigenvalue weighted by Crippen LogP contribution is -2.39. The lowest BCUT2D eigenvalue weighted by atomic mass is 9.86. The predicted molar refractivity (Wildman–Crippen MR) is 100 cm³/mol. The Morgan fingerprint density at radius 3 is 2.77 bits per heavy atom. The van der Waals surface area contributed by atoms with Crippen molar-refractivity contribution in [1.82, 2.24) is 14.7 Å². The highest BCUT2D eigenvalue weighted by Gasteiger charge is 2.40. The van der Waals surface area contributed by atoms with Crippen molar-refractivity contribution in [1.29, 1.82) is 0 Å². The minimum absolute atomic E-state index is 0.0425. The molecule has 1 saturated carbocycles. The number of hydrogen-bond acceptors (Lipinski definition) is 3. The van der Waals surface area contributed by atoms with Crippen LogP contribution in [0.2, 0.25) is 0 Å². The Kier molecular flexibility index (Phi) is 4.62. The number of nitrogens with zero attached hydrogens (tertiary/aromatic N) is 3. The molecule has 4 rings (SSSR count). The fraction of sp³-hybridized carbons (Fsp3) is 0.476. The van der Waals surface area contributed by atoms with E-state index in [2.05, 4.69) is 29.4 Å². The van der Waals surface area contributed by atoms with E-state index in [4.69, 9.17) is 0 Å². The van der Waals surface area contributed by atoms with E-state index in [1.807, 2.05) is 11.8 Å². The van der Waals surface area contributed by atoms with E-state index in [9.17, 15) is 9.59 Å². The molecule has 1 atom stereocenters. The molecule has 1 heterocycles. The zero-order chi connectivity index (χ0) is 18.1. The highest BCUT2D eigenvalue weighted by Crippen LogP contribution is 2.41. The van der Waals surface area contributed by atoms with Gasteiger partial charge in [0.05, 0.1) is 6.04 Å². The monoisotopic (exact) mass is 351 g/mol. The molecule has 0 spiro atoms. The predicted octanol–water partition coefficient (Wildman–Crippen LogP) is 3.34. The van der Waals surface area contributed by atoms with Crippen LogP contribution in [0.4, 0.5) is 0 Å². The Morgan fingerprint density at radius 1 is 1.19 bits per heavy atom. The normalized spacial score (nSPS) is 19.0. The van der Waals surface area contributed by atoms with Gasteiger partial charge in [-0.25, -0.2) is 4.68 Å². The zero-order valence-electron chi connectivity index (χ0n) is 15.2. The van der Waals surface area contributed by atoms with Crippen molar-refractivity contribution in [2.45, 2.75) is 64.1 Å². The smallest absolute Gasteiger partial charge is 0.275 e. The van der Waals surface area contributed by atoms with Crippen LogP contribution in [0.3, 0.4) is 0 Å². The molecule has 0 N–H and O–H groups in total. The van der Waals surface area contributed by atoms with Crippen molar-refractivity contribution in [2.24, 2.45) is 0 Å². The van der Waals surface area contributed by atoms with Crippen LogP contribution >= 0.6 is 0 Å². The fourth-order valence-corrected chi connectivity index (χ4v) is 4.00. The van der Waals surface area contributed by atoms with E-state index in [1.165, 1.54) is 21.9 Å². The number of aryl methyl sites for hydroxylation is 2. The van der Waals surface area contributed by atoms with Gasteiger partial charge in [-0.1, -0.05) is 31.2 Å². The minimum Gasteiger partial charge on any atom is -0.327 e. The molecule has 1 aromatic carbocycles. The van der Waals surface area contributed by atoms with Crippen LogP contribution < -0.4 is 5.56 Å². The molecular weight excluding hydrogens is 326 g/mol. The van der Waals surface area contributed by atoms with Crippen molar-refractivity contribution in [3.05, 3.63) is 63.6 Å². The van der Waals surface area contributed by atoms with Crippen LogP contribution in [0.25, 0.3) is 0 Å². The fourth-order valence-electron chi connectivity index (χ4n) is 4.00. The average molecular weight is 351 g/mol. The Balaban J connectivity index is 1.69. The van der Waals surface area contributed by atoms with Crippen LogP contribution in [0.1, 0.15) is 66.7 Å². The number of fused-ring (bicyclic) bond motifs is 1. The number of hydrogen-bond donors (Lipinski definition) is 0. The first kappa shape index (κ1) is 17.0. The van der Waals surface area contributed by atoms with E-state index in [0.717, 1.165) is 38.5 Å². The second-order valence-corrected chi connectivity index (χ2v) is 7.33. The molecule has 2 aliphatic carbocycles. The molecular formula is C21H25N3O2. The Labute approximate surface area is 153 Å². The van der Waals surface area contributed by atoms with E-state index >= 15 is 0 Å². The third kappa shape index (κ3) is 3.18. The van der Waals surface area contributed by atoms with Gasteiger partial charge in [0.1, 0.15) is 5.69 Å². The molecule has 0 aliphatic heterocycles. The SMILES string of the molecule is CCCn1nc(C(=O)N(C2CC2)C2CCCc3ccccc32)ccc1=O. The first-order valence-corrected chi connectivity index (χ1v) is 9.67. The summed E-state index contributed by atoms with van der Waals surface area (Å²) in [5.74, 6) is -0.0425. The second kappa shape index (κ2) is 7.06. The number of amides is 1. The third-order valence-corrected chi connectivity index (χ3v) is 5.37. The molecule has 26 heavy (non-hydrogen) atoms. The van der Waals surface area contributed by atoms with Crippen molar-refractivity contribution in [3.8, 4) is 0 Å². The number of benzene rings is 1. The van der Waals surface area contributed by atoms with Gasteiger partial charge in [-0.2, -0.15) is 5.10 Å². The zero-order valence-corrected chi connectivity index (χ0v) is 15.2. The van der Waals surface area contributed by atoms with Crippen molar-refractivity contribution >= 4 is 5.91 Å². The van der Waals surface area contributed by atoms with E-state index in [0.29, 0.717) is 18.3 Å². The molecule has 136 valence electrons. The van der Waals surface area contributed by atoms with Gasteiger partial charge in [0, 0.05) is 18.7 Å². The highest BCUT2D eigenvalue weighted by molar-refractivity contribution is 5.93. The molecule has 5 nitrogen and oxygen atoms in total. The van der Waals surface area contributed by atoms with Gasteiger partial charge in [-0.05, 0) is 55.7 Å². The van der Waals surface area contributed by atoms with Gasteiger partial charge in [0.2, 0.25) is 0 Å². The molecule has 1 amide bonds. The standard InChI is InChI=1S/C21H25N3O2/c1-2-14-23-20(25)13-12-18(22-23)21(26)24(16-10-11-16)19-9-5-7-15-6-3-4-8-17(15)19/h3-4,6,8,12-13,16,19H,2,5,7,9-11,14H2,1H3. The minimum atomic E-state index is -0.149. The molecule has 2 aliphatic rings. The number of aromatic nitrogens is 2. The summed E-state index contributed by atoms with van der Waals surface area (Å²) in [7, 11) is 0. The second-order valence-electron chi connectivity index (χ2n) is 7.33. The van der Waals surface area contributed by atoms with Gasteiger partial charge in [0.15, 0.2) is 0 Å². The van der Waals surface area contributed by atoms with Crippen LogP contribution in [0, 0.1) is 0 Å². The first-order chi connectivity index (χ1) is 12.7. The van der Waals surface area contributed by atoms with Gasteiger partial charge in [-0.3, -0.25) is 9.59 Å². The third-order valence-electron chi connectivity index (χ3n) is 5.37.